The van der Waals surface area contributed by atoms with E-state index in [1.54, 1.807) is 29.6 Å². The molecule has 0 saturated carbocycles. The van der Waals surface area contributed by atoms with Crippen molar-refractivity contribution in [2.45, 2.75) is 25.6 Å². The summed E-state index contributed by atoms with van der Waals surface area (Å²) in [7, 11) is 0. The highest BCUT2D eigenvalue weighted by molar-refractivity contribution is 6.06. The van der Waals surface area contributed by atoms with Crippen LogP contribution in [0.2, 0.25) is 0 Å². The van der Waals surface area contributed by atoms with Crippen LogP contribution in [-0.4, -0.2) is 38.0 Å². The summed E-state index contributed by atoms with van der Waals surface area (Å²) in [5.41, 5.74) is 2.48. The van der Waals surface area contributed by atoms with Crippen molar-refractivity contribution in [2.24, 2.45) is 0 Å². The fourth-order valence-corrected chi connectivity index (χ4v) is 4.00. The van der Waals surface area contributed by atoms with Crippen LogP contribution in [0.25, 0.3) is 10.9 Å². The predicted octanol–water partition coefficient (Wildman–Crippen LogP) is 2.86. The Labute approximate surface area is 172 Å². The molecule has 0 spiro atoms. The molecule has 0 radical (unpaired) electrons. The van der Waals surface area contributed by atoms with E-state index < -0.39 is 0 Å². The summed E-state index contributed by atoms with van der Waals surface area (Å²) >= 11 is 0. The maximum absolute atomic E-state index is 13.3. The summed E-state index contributed by atoms with van der Waals surface area (Å²) < 4.78 is 7.11. The molecule has 4 heterocycles. The SMILES string of the molecule is O=C(C[C@H]1CN(C(=O)c2c[nH]c3ccccc23)Cc2ccnn21)NCc1ccco1. The van der Waals surface area contributed by atoms with Gasteiger partial charge in [-0.25, -0.2) is 0 Å². The molecule has 8 nitrogen and oxygen atoms in total. The molecule has 1 aliphatic heterocycles. The summed E-state index contributed by atoms with van der Waals surface area (Å²) in [5.74, 6) is 0.531. The van der Waals surface area contributed by atoms with E-state index in [-0.39, 0.29) is 24.3 Å². The average molecular weight is 403 g/mol. The third-order valence-corrected chi connectivity index (χ3v) is 5.45. The van der Waals surface area contributed by atoms with Crippen LogP contribution in [-0.2, 0) is 17.9 Å². The number of furan rings is 1. The molecule has 3 aromatic heterocycles. The van der Waals surface area contributed by atoms with E-state index in [1.165, 1.54) is 0 Å². The highest BCUT2D eigenvalue weighted by Crippen LogP contribution is 2.26. The second kappa shape index (κ2) is 7.55. The molecule has 0 bridgehead atoms. The number of rotatable bonds is 5. The molecular weight excluding hydrogens is 382 g/mol. The zero-order valence-corrected chi connectivity index (χ0v) is 16.2. The standard InChI is InChI=1S/C22H21N5O3/c28-21(24-11-17-4-3-9-30-17)10-16-14-26(13-15-7-8-25-27(15)16)22(29)19-12-23-20-6-2-1-5-18(19)20/h1-9,12,16,23H,10-11,13-14H2,(H,24,28)/t16-/m0/s1. The zero-order valence-electron chi connectivity index (χ0n) is 16.2. The smallest absolute Gasteiger partial charge is 0.256 e. The first-order valence-electron chi connectivity index (χ1n) is 9.86. The molecule has 0 fully saturated rings. The Hall–Kier alpha value is -3.81. The van der Waals surface area contributed by atoms with Crippen molar-refractivity contribution in [3.05, 3.63) is 78.1 Å². The van der Waals surface area contributed by atoms with Gasteiger partial charge >= 0.3 is 0 Å². The van der Waals surface area contributed by atoms with Crippen molar-refractivity contribution < 1.29 is 14.0 Å². The fraction of sp³-hybridized carbons (Fsp3) is 0.227. The number of aromatic amines is 1. The Morgan fingerprint density at radius 1 is 1.20 bits per heavy atom. The molecule has 0 saturated heterocycles. The van der Waals surface area contributed by atoms with E-state index in [0.717, 1.165) is 16.6 Å². The van der Waals surface area contributed by atoms with Crippen LogP contribution >= 0.6 is 0 Å². The molecule has 4 aromatic rings. The first-order valence-corrected chi connectivity index (χ1v) is 9.86. The van der Waals surface area contributed by atoms with Crippen LogP contribution in [0.4, 0.5) is 0 Å². The van der Waals surface area contributed by atoms with Crippen LogP contribution in [0.3, 0.4) is 0 Å². The Bertz CT molecular complexity index is 1190. The number of benzene rings is 1. The molecule has 5 rings (SSSR count). The van der Waals surface area contributed by atoms with Crippen LogP contribution in [0.15, 0.2) is 65.5 Å². The molecule has 1 atom stereocenters. The summed E-state index contributed by atoms with van der Waals surface area (Å²) in [6.07, 6.45) is 5.27. The van der Waals surface area contributed by atoms with Crippen molar-refractivity contribution in [1.29, 1.82) is 0 Å². The van der Waals surface area contributed by atoms with Gasteiger partial charge in [-0.1, -0.05) is 18.2 Å². The Morgan fingerprint density at radius 3 is 2.97 bits per heavy atom. The minimum Gasteiger partial charge on any atom is -0.467 e. The van der Waals surface area contributed by atoms with Crippen molar-refractivity contribution in [1.82, 2.24) is 25.0 Å². The molecule has 0 unspecified atom stereocenters. The second-order valence-corrected chi connectivity index (χ2v) is 7.41. The van der Waals surface area contributed by atoms with Crippen molar-refractivity contribution in [2.75, 3.05) is 6.54 Å². The summed E-state index contributed by atoms with van der Waals surface area (Å²) in [5, 5.41) is 8.15. The largest absolute Gasteiger partial charge is 0.467 e. The molecule has 2 N–H and O–H groups in total. The molecular formula is C22H21N5O3. The maximum atomic E-state index is 13.3. The predicted molar refractivity (Wildman–Crippen MR) is 109 cm³/mol. The minimum absolute atomic E-state index is 0.0547. The number of carbonyl (C=O) groups excluding carboxylic acids is 2. The lowest BCUT2D eigenvalue weighted by Crippen LogP contribution is -2.42. The molecule has 30 heavy (non-hydrogen) atoms. The fourth-order valence-electron chi connectivity index (χ4n) is 4.00. The van der Waals surface area contributed by atoms with E-state index in [9.17, 15) is 9.59 Å². The topological polar surface area (TPSA) is 96.2 Å². The molecule has 1 aliphatic rings. The number of para-hydroxylation sites is 1. The highest BCUT2D eigenvalue weighted by Gasteiger charge is 2.31. The normalized spacial score (nSPS) is 15.9. The number of nitrogens with one attached hydrogen (secondary N) is 2. The lowest BCUT2D eigenvalue weighted by molar-refractivity contribution is -0.122. The maximum Gasteiger partial charge on any atom is 0.256 e. The summed E-state index contributed by atoms with van der Waals surface area (Å²) in [6, 6.07) is 13.0. The van der Waals surface area contributed by atoms with E-state index in [4.69, 9.17) is 4.42 Å². The van der Waals surface area contributed by atoms with E-state index >= 15 is 0 Å². The van der Waals surface area contributed by atoms with Crippen LogP contribution in [0.1, 0.15) is 34.3 Å². The lowest BCUT2D eigenvalue weighted by Gasteiger charge is -2.33. The second-order valence-electron chi connectivity index (χ2n) is 7.41. The number of fused-ring (bicyclic) bond motifs is 2. The van der Waals surface area contributed by atoms with Crippen molar-refractivity contribution >= 4 is 22.7 Å². The van der Waals surface area contributed by atoms with Gasteiger partial charge in [-0.3, -0.25) is 14.3 Å². The number of nitrogens with zero attached hydrogens (tertiary/aromatic N) is 3. The zero-order chi connectivity index (χ0) is 20.5. The van der Waals surface area contributed by atoms with Crippen LogP contribution in [0.5, 0.6) is 0 Å². The first-order chi connectivity index (χ1) is 14.7. The number of carbonyl (C=O) groups is 2. The van der Waals surface area contributed by atoms with Gasteiger partial charge in [0.05, 0.1) is 43.1 Å². The monoisotopic (exact) mass is 403 g/mol. The van der Waals surface area contributed by atoms with Crippen LogP contribution in [0, 0.1) is 0 Å². The number of amides is 2. The van der Waals surface area contributed by atoms with E-state index in [0.29, 0.717) is 31.0 Å². The Kier molecular flexibility index (Phi) is 4.59. The van der Waals surface area contributed by atoms with Gasteiger partial charge in [0.2, 0.25) is 5.91 Å². The number of hydrogen-bond donors (Lipinski definition) is 2. The third kappa shape index (κ3) is 3.36. The quantitative estimate of drug-likeness (QED) is 0.536. The lowest BCUT2D eigenvalue weighted by atomic mass is 10.1. The highest BCUT2D eigenvalue weighted by atomic mass is 16.3. The van der Waals surface area contributed by atoms with Gasteiger partial charge in [0, 0.05) is 29.8 Å². The molecule has 8 heteroatoms. The molecule has 2 amide bonds. The molecule has 152 valence electrons. The van der Waals surface area contributed by atoms with Gasteiger partial charge in [0.25, 0.3) is 5.91 Å². The molecule has 1 aromatic carbocycles. The van der Waals surface area contributed by atoms with E-state index in [2.05, 4.69) is 15.4 Å². The van der Waals surface area contributed by atoms with Crippen LogP contribution < -0.4 is 5.32 Å². The average Bonchev–Trinajstić information content (AvgIpc) is 3.52. The number of hydrogen-bond acceptors (Lipinski definition) is 4. The first kappa shape index (κ1) is 18.2. The van der Waals surface area contributed by atoms with Gasteiger partial charge in [-0.05, 0) is 24.3 Å². The summed E-state index contributed by atoms with van der Waals surface area (Å²) in [6.45, 7) is 1.21. The molecule has 0 aliphatic carbocycles. The summed E-state index contributed by atoms with van der Waals surface area (Å²) in [4.78, 5) is 30.7. The van der Waals surface area contributed by atoms with Crippen molar-refractivity contribution in [3.63, 3.8) is 0 Å². The van der Waals surface area contributed by atoms with Gasteiger partial charge in [-0.2, -0.15) is 5.10 Å². The third-order valence-electron chi connectivity index (χ3n) is 5.45. The van der Waals surface area contributed by atoms with Gasteiger partial charge in [0.1, 0.15) is 5.76 Å². The van der Waals surface area contributed by atoms with Gasteiger partial charge in [-0.15, -0.1) is 0 Å². The van der Waals surface area contributed by atoms with Gasteiger partial charge < -0.3 is 19.6 Å². The van der Waals surface area contributed by atoms with E-state index in [1.807, 2.05) is 41.1 Å². The van der Waals surface area contributed by atoms with Crippen molar-refractivity contribution in [3.8, 4) is 0 Å². The number of aromatic nitrogens is 3. The van der Waals surface area contributed by atoms with Gasteiger partial charge in [0.15, 0.2) is 0 Å². The number of H-pyrrole nitrogens is 1. The minimum atomic E-state index is -0.227. The Balaban J connectivity index is 1.33. The Morgan fingerprint density at radius 2 is 2.10 bits per heavy atom.